The molecule has 0 aliphatic heterocycles. The molecule has 0 heterocycles. The number of aliphatic carboxylic acids is 1. The lowest BCUT2D eigenvalue weighted by molar-refractivity contribution is -0.142. The molecule has 0 saturated heterocycles. The molecule has 0 unspecified atom stereocenters. The second kappa shape index (κ2) is 7.78. The number of carboxylic acid groups (broad SMARTS) is 1. The van der Waals surface area contributed by atoms with E-state index in [0.717, 1.165) is 18.4 Å². The van der Waals surface area contributed by atoms with Crippen LogP contribution in [0.25, 0.3) is 0 Å². The normalized spacial score (nSPS) is 13.5. The van der Waals surface area contributed by atoms with Gasteiger partial charge in [0.05, 0.1) is 13.0 Å². The summed E-state index contributed by atoms with van der Waals surface area (Å²) in [5, 5.41) is 11.1. The maximum Gasteiger partial charge on any atom is 0.329 e. The molecule has 0 spiro atoms. The lowest BCUT2D eigenvalue weighted by Crippen LogP contribution is -2.29. The van der Waals surface area contributed by atoms with E-state index in [1.165, 1.54) is 24.0 Å². The third-order valence-corrected chi connectivity index (χ3v) is 3.57. The van der Waals surface area contributed by atoms with Gasteiger partial charge in [-0.2, -0.15) is 0 Å². The highest BCUT2D eigenvalue weighted by Gasteiger charge is 2.11. The van der Waals surface area contributed by atoms with E-state index in [2.05, 4.69) is 17.4 Å². The fourth-order valence-corrected chi connectivity index (χ4v) is 2.57. The second-order valence-electron chi connectivity index (χ2n) is 5.28. The standard InChI is InChI=1S/C16H21NO4/c18-15(17-7-8-21-11-16(19)20)10-12-5-6-13-3-1-2-4-14(13)9-12/h5-6,9H,1-4,7-8,10-11H2,(H,17,18)(H,19,20). The Morgan fingerprint density at radius 1 is 1.19 bits per heavy atom. The van der Waals surface area contributed by atoms with Gasteiger partial charge in [-0.15, -0.1) is 0 Å². The number of aryl methyl sites for hydroxylation is 2. The molecule has 5 nitrogen and oxygen atoms in total. The van der Waals surface area contributed by atoms with Crippen molar-refractivity contribution in [2.24, 2.45) is 0 Å². The summed E-state index contributed by atoms with van der Waals surface area (Å²) < 4.78 is 4.86. The summed E-state index contributed by atoms with van der Waals surface area (Å²) in [6, 6.07) is 6.28. The monoisotopic (exact) mass is 291 g/mol. The number of benzene rings is 1. The molecule has 1 aromatic carbocycles. The summed E-state index contributed by atoms with van der Waals surface area (Å²) in [6.07, 6.45) is 5.08. The molecular formula is C16H21NO4. The summed E-state index contributed by atoms with van der Waals surface area (Å²) in [6.45, 7) is 0.208. The number of amides is 1. The van der Waals surface area contributed by atoms with Crippen molar-refractivity contribution in [3.05, 3.63) is 34.9 Å². The van der Waals surface area contributed by atoms with Gasteiger partial charge in [0, 0.05) is 6.54 Å². The first-order valence-corrected chi connectivity index (χ1v) is 7.32. The van der Waals surface area contributed by atoms with Crippen LogP contribution in [0.2, 0.25) is 0 Å². The molecule has 0 aromatic heterocycles. The number of carbonyl (C=O) groups excluding carboxylic acids is 1. The average molecular weight is 291 g/mol. The topological polar surface area (TPSA) is 75.6 Å². The first-order chi connectivity index (χ1) is 10.1. The van der Waals surface area contributed by atoms with Crippen LogP contribution in [-0.4, -0.2) is 36.7 Å². The average Bonchev–Trinajstić information content (AvgIpc) is 2.46. The van der Waals surface area contributed by atoms with Crippen LogP contribution >= 0.6 is 0 Å². The Labute approximate surface area is 124 Å². The first kappa shape index (κ1) is 15.5. The predicted molar refractivity (Wildman–Crippen MR) is 78.3 cm³/mol. The van der Waals surface area contributed by atoms with Crippen LogP contribution in [0.15, 0.2) is 18.2 Å². The minimum absolute atomic E-state index is 0.0651. The third-order valence-electron chi connectivity index (χ3n) is 3.57. The summed E-state index contributed by atoms with van der Waals surface area (Å²) in [5.74, 6) is -1.07. The van der Waals surface area contributed by atoms with E-state index >= 15 is 0 Å². The number of ether oxygens (including phenoxy) is 1. The smallest absolute Gasteiger partial charge is 0.329 e. The molecule has 21 heavy (non-hydrogen) atoms. The van der Waals surface area contributed by atoms with Crippen molar-refractivity contribution in [2.45, 2.75) is 32.1 Å². The number of hydrogen-bond donors (Lipinski definition) is 2. The van der Waals surface area contributed by atoms with Crippen LogP contribution in [-0.2, 0) is 33.6 Å². The number of carboxylic acids is 1. The molecule has 1 aliphatic rings. The molecule has 1 aromatic rings. The van der Waals surface area contributed by atoms with Crippen molar-refractivity contribution in [1.82, 2.24) is 5.32 Å². The van der Waals surface area contributed by atoms with E-state index < -0.39 is 5.97 Å². The van der Waals surface area contributed by atoms with Crippen LogP contribution in [0.4, 0.5) is 0 Å². The zero-order valence-corrected chi connectivity index (χ0v) is 12.1. The van der Waals surface area contributed by atoms with Gasteiger partial charge in [-0.05, 0) is 42.4 Å². The highest BCUT2D eigenvalue weighted by Crippen LogP contribution is 2.22. The molecule has 1 aliphatic carbocycles. The Kier molecular flexibility index (Phi) is 5.75. The van der Waals surface area contributed by atoms with Gasteiger partial charge in [-0.3, -0.25) is 4.79 Å². The lowest BCUT2D eigenvalue weighted by atomic mass is 9.90. The van der Waals surface area contributed by atoms with Crippen LogP contribution in [0.3, 0.4) is 0 Å². The molecule has 0 bridgehead atoms. The Bertz CT molecular complexity index is 513. The summed E-state index contributed by atoms with van der Waals surface area (Å²) in [5.41, 5.74) is 3.81. The molecule has 2 N–H and O–H groups in total. The van der Waals surface area contributed by atoms with Crippen LogP contribution < -0.4 is 5.32 Å². The summed E-state index contributed by atoms with van der Waals surface area (Å²) in [7, 11) is 0. The van der Waals surface area contributed by atoms with Crippen LogP contribution in [0, 0.1) is 0 Å². The number of nitrogens with one attached hydrogen (secondary N) is 1. The van der Waals surface area contributed by atoms with Gasteiger partial charge >= 0.3 is 5.97 Å². The molecule has 0 saturated carbocycles. The van der Waals surface area contributed by atoms with Crippen molar-refractivity contribution in [2.75, 3.05) is 19.8 Å². The van der Waals surface area contributed by atoms with Gasteiger partial charge < -0.3 is 15.2 Å². The van der Waals surface area contributed by atoms with E-state index in [1.807, 2.05) is 6.07 Å². The number of carbonyl (C=O) groups is 2. The molecule has 0 fully saturated rings. The molecule has 5 heteroatoms. The van der Waals surface area contributed by atoms with E-state index in [0.29, 0.717) is 13.0 Å². The molecular weight excluding hydrogens is 270 g/mol. The Morgan fingerprint density at radius 3 is 2.71 bits per heavy atom. The quantitative estimate of drug-likeness (QED) is 0.743. The number of hydrogen-bond acceptors (Lipinski definition) is 3. The largest absolute Gasteiger partial charge is 0.480 e. The minimum atomic E-state index is -1.00. The van der Waals surface area contributed by atoms with Gasteiger partial charge in [0.2, 0.25) is 5.91 Å². The SMILES string of the molecule is O=C(O)COCCNC(=O)Cc1ccc2c(c1)CCCC2. The zero-order chi connectivity index (χ0) is 15.1. The third kappa shape index (κ3) is 5.19. The van der Waals surface area contributed by atoms with E-state index in [9.17, 15) is 9.59 Å². The number of rotatable bonds is 7. The molecule has 1 amide bonds. The molecule has 114 valence electrons. The maximum absolute atomic E-state index is 11.8. The first-order valence-electron chi connectivity index (χ1n) is 7.32. The maximum atomic E-state index is 11.8. The van der Waals surface area contributed by atoms with Crippen LogP contribution in [0.5, 0.6) is 0 Å². The van der Waals surface area contributed by atoms with Crippen molar-refractivity contribution in [1.29, 1.82) is 0 Å². The van der Waals surface area contributed by atoms with Gasteiger partial charge in [-0.1, -0.05) is 18.2 Å². The second-order valence-corrected chi connectivity index (χ2v) is 5.28. The summed E-state index contributed by atoms with van der Waals surface area (Å²) >= 11 is 0. The Hall–Kier alpha value is -1.88. The number of fused-ring (bicyclic) bond motifs is 1. The van der Waals surface area contributed by atoms with Crippen molar-refractivity contribution < 1.29 is 19.4 Å². The molecule has 2 rings (SSSR count). The lowest BCUT2D eigenvalue weighted by Gasteiger charge is -2.16. The van der Waals surface area contributed by atoms with Gasteiger partial charge in [0.1, 0.15) is 6.61 Å². The van der Waals surface area contributed by atoms with E-state index in [1.54, 1.807) is 0 Å². The van der Waals surface area contributed by atoms with Crippen molar-refractivity contribution in [3.63, 3.8) is 0 Å². The van der Waals surface area contributed by atoms with Gasteiger partial charge in [-0.25, -0.2) is 4.79 Å². The fraction of sp³-hybridized carbons (Fsp3) is 0.500. The van der Waals surface area contributed by atoms with Crippen molar-refractivity contribution in [3.8, 4) is 0 Å². The van der Waals surface area contributed by atoms with E-state index in [-0.39, 0.29) is 19.1 Å². The predicted octanol–water partition coefficient (Wildman–Crippen LogP) is 1.33. The van der Waals surface area contributed by atoms with Crippen LogP contribution in [0.1, 0.15) is 29.5 Å². The highest BCUT2D eigenvalue weighted by molar-refractivity contribution is 5.78. The zero-order valence-electron chi connectivity index (χ0n) is 12.1. The molecule has 0 radical (unpaired) electrons. The Morgan fingerprint density at radius 2 is 1.95 bits per heavy atom. The highest BCUT2D eigenvalue weighted by atomic mass is 16.5. The van der Waals surface area contributed by atoms with Crippen molar-refractivity contribution >= 4 is 11.9 Å². The van der Waals surface area contributed by atoms with E-state index in [4.69, 9.17) is 9.84 Å². The summed E-state index contributed by atoms with van der Waals surface area (Å²) in [4.78, 5) is 22.0. The van der Waals surface area contributed by atoms with Gasteiger partial charge in [0.25, 0.3) is 0 Å². The van der Waals surface area contributed by atoms with Gasteiger partial charge in [0.15, 0.2) is 0 Å². The minimum Gasteiger partial charge on any atom is -0.480 e. The Balaban J connectivity index is 1.73. The molecule has 0 atom stereocenters. The fourth-order valence-electron chi connectivity index (χ4n) is 2.57.